The van der Waals surface area contributed by atoms with Crippen molar-refractivity contribution < 1.29 is 0 Å². The summed E-state index contributed by atoms with van der Waals surface area (Å²) in [5.41, 5.74) is 3.09. The van der Waals surface area contributed by atoms with Crippen molar-refractivity contribution in [2.24, 2.45) is 0 Å². The first-order valence-corrected chi connectivity index (χ1v) is 5.06. The number of aromatic nitrogens is 2. The third-order valence-electron chi connectivity index (χ3n) is 2.23. The third kappa shape index (κ3) is 2.42. The standard InChI is InChI=1S/C14H12N2/c1-2-12-5-3-4-6-13(12)7-8-14-11-15-9-10-16-14/h2-11H,1H2/b8-7+. The Hall–Kier alpha value is -2.22. The minimum absolute atomic E-state index is 0.848. The molecule has 0 fully saturated rings. The Balaban J connectivity index is 2.27. The zero-order chi connectivity index (χ0) is 11.2. The largest absolute Gasteiger partial charge is 0.261 e. The molecule has 0 saturated carbocycles. The Morgan fingerprint density at radius 1 is 1.00 bits per heavy atom. The molecule has 0 aliphatic heterocycles. The Kier molecular flexibility index (Phi) is 3.24. The fraction of sp³-hybridized carbons (Fsp3) is 0. The maximum absolute atomic E-state index is 4.17. The molecule has 0 N–H and O–H groups in total. The van der Waals surface area contributed by atoms with E-state index in [2.05, 4.69) is 16.5 Å². The van der Waals surface area contributed by atoms with E-state index in [0.29, 0.717) is 0 Å². The van der Waals surface area contributed by atoms with Gasteiger partial charge in [0.1, 0.15) is 0 Å². The predicted octanol–water partition coefficient (Wildman–Crippen LogP) is 3.29. The highest BCUT2D eigenvalue weighted by molar-refractivity contribution is 5.73. The summed E-state index contributed by atoms with van der Waals surface area (Å²) >= 11 is 0. The molecule has 0 aliphatic rings. The van der Waals surface area contributed by atoms with Gasteiger partial charge in [0.15, 0.2) is 0 Å². The lowest BCUT2D eigenvalue weighted by Crippen LogP contribution is -1.82. The summed E-state index contributed by atoms with van der Waals surface area (Å²) in [5, 5.41) is 0. The highest BCUT2D eigenvalue weighted by atomic mass is 14.7. The molecule has 1 aromatic heterocycles. The first-order valence-electron chi connectivity index (χ1n) is 5.06. The minimum atomic E-state index is 0.848. The Morgan fingerprint density at radius 3 is 2.50 bits per heavy atom. The maximum Gasteiger partial charge on any atom is 0.0813 e. The molecule has 0 amide bonds. The molecule has 0 spiro atoms. The summed E-state index contributed by atoms with van der Waals surface area (Å²) in [6, 6.07) is 8.08. The Morgan fingerprint density at radius 2 is 1.81 bits per heavy atom. The molecule has 2 rings (SSSR count). The molecular weight excluding hydrogens is 196 g/mol. The average Bonchev–Trinajstić information content (AvgIpc) is 2.38. The molecule has 0 radical (unpaired) electrons. The van der Waals surface area contributed by atoms with E-state index in [4.69, 9.17) is 0 Å². The fourth-order valence-corrected chi connectivity index (χ4v) is 1.42. The van der Waals surface area contributed by atoms with Gasteiger partial charge in [-0.25, -0.2) is 0 Å². The number of hydrogen-bond acceptors (Lipinski definition) is 2. The molecule has 2 heteroatoms. The first kappa shape index (κ1) is 10.3. The molecule has 0 unspecified atom stereocenters. The summed E-state index contributed by atoms with van der Waals surface area (Å²) in [6.07, 6.45) is 10.9. The van der Waals surface area contributed by atoms with Crippen molar-refractivity contribution >= 4 is 18.2 Å². The normalized spacial score (nSPS) is 10.5. The highest BCUT2D eigenvalue weighted by Gasteiger charge is 1.93. The van der Waals surface area contributed by atoms with Gasteiger partial charge < -0.3 is 0 Å². The second kappa shape index (κ2) is 5.03. The smallest absolute Gasteiger partial charge is 0.0813 e. The van der Waals surface area contributed by atoms with Gasteiger partial charge in [0, 0.05) is 12.4 Å². The van der Waals surface area contributed by atoms with Crippen LogP contribution in [0.4, 0.5) is 0 Å². The Labute approximate surface area is 95.0 Å². The molecule has 0 atom stereocenters. The topological polar surface area (TPSA) is 25.8 Å². The van der Waals surface area contributed by atoms with Gasteiger partial charge in [0.05, 0.1) is 11.9 Å². The lowest BCUT2D eigenvalue weighted by Gasteiger charge is -1.98. The molecule has 0 saturated heterocycles. The van der Waals surface area contributed by atoms with Gasteiger partial charge in [0.25, 0.3) is 0 Å². The molecule has 2 nitrogen and oxygen atoms in total. The molecule has 2 aromatic rings. The van der Waals surface area contributed by atoms with E-state index < -0.39 is 0 Å². The second-order valence-corrected chi connectivity index (χ2v) is 3.30. The van der Waals surface area contributed by atoms with Crippen LogP contribution < -0.4 is 0 Å². The van der Waals surface area contributed by atoms with Crippen LogP contribution in [0.5, 0.6) is 0 Å². The molecule has 0 aliphatic carbocycles. The van der Waals surface area contributed by atoms with Gasteiger partial charge in [-0.1, -0.05) is 43.0 Å². The highest BCUT2D eigenvalue weighted by Crippen LogP contribution is 2.13. The summed E-state index contributed by atoms with van der Waals surface area (Å²) in [6.45, 7) is 3.78. The number of rotatable bonds is 3. The van der Waals surface area contributed by atoms with Crippen LogP contribution in [0, 0.1) is 0 Å². The van der Waals surface area contributed by atoms with Crippen molar-refractivity contribution in [2.45, 2.75) is 0 Å². The van der Waals surface area contributed by atoms with Crippen LogP contribution in [0.2, 0.25) is 0 Å². The van der Waals surface area contributed by atoms with Crippen LogP contribution in [0.1, 0.15) is 16.8 Å². The van der Waals surface area contributed by atoms with Gasteiger partial charge in [-0.05, 0) is 17.2 Å². The molecular formula is C14H12N2. The van der Waals surface area contributed by atoms with Crippen LogP contribution in [-0.4, -0.2) is 9.97 Å². The van der Waals surface area contributed by atoms with Crippen molar-refractivity contribution in [3.05, 3.63) is 66.3 Å². The van der Waals surface area contributed by atoms with Crippen molar-refractivity contribution in [3.63, 3.8) is 0 Å². The summed E-state index contributed by atoms with van der Waals surface area (Å²) in [4.78, 5) is 8.18. The first-order chi connectivity index (χ1) is 7.90. The Bertz CT molecular complexity index is 501. The van der Waals surface area contributed by atoms with Gasteiger partial charge in [-0.3, -0.25) is 9.97 Å². The van der Waals surface area contributed by atoms with E-state index in [9.17, 15) is 0 Å². The quantitative estimate of drug-likeness (QED) is 0.773. The maximum atomic E-state index is 4.17. The predicted molar refractivity (Wildman–Crippen MR) is 67.5 cm³/mol. The monoisotopic (exact) mass is 208 g/mol. The van der Waals surface area contributed by atoms with Gasteiger partial charge in [-0.2, -0.15) is 0 Å². The van der Waals surface area contributed by atoms with Gasteiger partial charge >= 0.3 is 0 Å². The van der Waals surface area contributed by atoms with E-state index in [1.807, 2.05) is 42.5 Å². The van der Waals surface area contributed by atoms with Crippen LogP contribution in [0.15, 0.2) is 49.4 Å². The third-order valence-corrected chi connectivity index (χ3v) is 2.23. The molecule has 78 valence electrons. The lowest BCUT2D eigenvalue weighted by atomic mass is 10.1. The van der Waals surface area contributed by atoms with Crippen LogP contribution in [0.25, 0.3) is 18.2 Å². The van der Waals surface area contributed by atoms with E-state index in [0.717, 1.165) is 16.8 Å². The van der Waals surface area contributed by atoms with E-state index >= 15 is 0 Å². The van der Waals surface area contributed by atoms with Crippen LogP contribution in [-0.2, 0) is 0 Å². The van der Waals surface area contributed by atoms with Crippen molar-refractivity contribution in [1.82, 2.24) is 9.97 Å². The van der Waals surface area contributed by atoms with Crippen molar-refractivity contribution in [3.8, 4) is 0 Å². The number of nitrogens with zero attached hydrogens (tertiary/aromatic N) is 2. The van der Waals surface area contributed by atoms with Crippen LogP contribution >= 0.6 is 0 Å². The van der Waals surface area contributed by atoms with Crippen LogP contribution in [0.3, 0.4) is 0 Å². The summed E-state index contributed by atoms with van der Waals surface area (Å²) in [7, 11) is 0. The van der Waals surface area contributed by atoms with E-state index in [1.165, 1.54) is 0 Å². The number of benzene rings is 1. The molecule has 1 heterocycles. The molecule has 16 heavy (non-hydrogen) atoms. The van der Waals surface area contributed by atoms with Gasteiger partial charge in [0.2, 0.25) is 0 Å². The van der Waals surface area contributed by atoms with Crippen molar-refractivity contribution in [2.75, 3.05) is 0 Å². The van der Waals surface area contributed by atoms with Gasteiger partial charge in [-0.15, -0.1) is 0 Å². The average molecular weight is 208 g/mol. The minimum Gasteiger partial charge on any atom is -0.261 e. The zero-order valence-electron chi connectivity index (χ0n) is 8.88. The van der Waals surface area contributed by atoms with E-state index in [-0.39, 0.29) is 0 Å². The zero-order valence-corrected chi connectivity index (χ0v) is 8.88. The number of hydrogen-bond donors (Lipinski definition) is 0. The SMILES string of the molecule is C=Cc1ccccc1/C=C/c1cnccn1. The van der Waals surface area contributed by atoms with Crippen molar-refractivity contribution in [1.29, 1.82) is 0 Å². The lowest BCUT2D eigenvalue weighted by molar-refractivity contribution is 1.18. The molecule has 1 aromatic carbocycles. The summed E-state index contributed by atoms with van der Waals surface area (Å²) in [5.74, 6) is 0. The fourth-order valence-electron chi connectivity index (χ4n) is 1.42. The second-order valence-electron chi connectivity index (χ2n) is 3.30. The van der Waals surface area contributed by atoms with E-state index in [1.54, 1.807) is 18.6 Å². The molecule has 0 bridgehead atoms. The summed E-state index contributed by atoms with van der Waals surface area (Å²) < 4.78 is 0.